The van der Waals surface area contributed by atoms with Gasteiger partial charge < -0.3 is 15.2 Å². The van der Waals surface area contributed by atoms with E-state index in [1.807, 2.05) is 25.1 Å². The van der Waals surface area contributed by atoms with Gasteiger partial charge in [-0.25, -0.2) is 9.97 Å². The topological polar surface area (TPSA) is 56.8 Å². The van der Waals surface area contributed by atoms with E-state index in [0.29, 0.717) is 6.04 Å². The largest absolute Gasteiger partial charge is 0.363 e. The zero-order chi connectivity index (χ0) is 12.5. The van der Waals surface area contributed by atoms with Crippen LogP contribution in [0.4, 0.5) is 5.82 Å². The predicted octanol–water partition coefficient (Wildman–Crippen LogP) is 1.84. The molecule has 1 saturated heterocycles. The van der Waals surface area contributed by atoms with Crippen LogP contribution >= 0.6 is 0 Å². The highest BCUT2D eigenvalue weighted by Crippen LogP contribution is 2.23. The number of aromatic amines is 1. The molecule has 0 aliphatic carbocycles. The Morgan fingerprint density at radius 1 is 1.22 bits per heavy atom. The molecule has 1 unspecified atom stereocenters. The number of anilines is 1. The number of H-pyrrole nitrogens is 1. The summed E-state index contributed by atoms with van der Waals surface area (Å²) in [6.07, 6.45) is 3.69. The Morgan fingerprint density at radius 3 is 2.83 bits per heavy atom. The number of pyridine rings is 1. The van der Waals surface area contributed by atoms with Crippen molar-refractivity contribution in [3.05, 3.63) is 18.0 Å². The van der Waals surface area contributed by atoms with Crippen LogP contribution in [0.15, 0.2) is 12.1 Å². The number of piperidine rings is 1. The molecule has 1 atom stereocenters. The molecule has 1 fully saturated rings. The van der Waals surface area contributed by atoms with Gasteiger partial charge in [0.1, 0.15) is 11.6 Å². The molecule has 1 aliphatic heterocycles. The summed E-state index contributed by atoms with van der Waals surface area (Å²) in [7, 11) is 3.98. The Kier molecular flexibility index (Phi) is 2.91. The third-order valence-electron chi connectivity index (χ3n) is 3.45. The summed E-state index contributed by atoms with van der Waals surface area (Å²) in [4.78, 5) is 14.5. The lowest BCUT2D eigenvalue weighted by atomic mass is 10.0. The van der Waals surface area contributed by atoms with E-state index in [0.717, 1.165) is 35.8 Å². The van der Waals surface area contributed by atoms with E-state index in [-0.39, 0.29) is 0 Å². The van der Waals surface area contributed by atoms with Gasteiger partial charge in [0.15, 0.2) is 5.65 Å². The molecule has 18 heavy (non-hydrogen) atoms. The first-order chi connectivity index (χ1) is 8.74. The van der Waals surface area contributed by atoms with Crippen LogP contribution in [-0.4, -0.2) is 35.6 Å². The zero-order valence-corrected chi connectivity index (χ0v) is 10.9. The highest BCUT2D eigenvalue weighted by Gasteiger charge is 2.18. The van der Waals surface area contributed by atoms with Crippen LogP contribution in [0, 0.1) is 0 Å². The lowest BCUT2D eigenvalue weighted by Crippen LogP contribution is -2.27. The van der Waals surface area contributed by atoms with Gasteiger partial charge in [-0.15, -0.1) is 0 Å². The van der Waals surface area contributed by atoms with Crippen molar-refractivity contribution in [1.29, 1.82) is 0 Å². The molecule has 0 bridgehead atoms. The van der Waals surface area contributed by atoms with Crippen molar-refractivity contribution in [2.45, 2.75) is 25.3 Å². The molecule has 3 heterocycles. The van der Waals surface area contributed by atoms with Crippen LogP contribution in [-0.2, 0) is 0 Å². The second kappa shape index (κ2) is 4.57. The SMILES string of the molecule is CN(C)c1ccc2[nH]c(C3CCCCN3)nc2n1. The van der Waals surface area contributed by atoms with Crippen LogP contribution < -0.4 is 10.2 Å². The molecular formula is C13H19N5. The number of hydrogen-bond donors (Lipinski definition) is 2. The fraction of sp³-hybridized carbons (Fsp3) is 0.538. The predicted molar refractivity (Wildman–Crippen MR) is 72.8 cm³/mol. The minimum absolute atomic E-state index is 0.357. The average Bonchev–Trinajstić information content (AvgIpc) is 2.82. The van der Waals surface area contributed by atoms with Crippen molar-refractivity contribution in [2.75, 3.05) is 25.5 Å². The molecule has 0 amide bonds. The average molecular weight is 245 g/mol. The summed E-state index contributed by atoms with van der Waals surface area (Å²) >= 11 is 0. The summed E-state index contributed by atoms with van der Waals surface area (Å²) in [6.45, 7) is 1.08. The van der Waals surface area contributed by atoms with Crippen LogP contribution in [0.25, 0.3) is 11.2 Å². The van der Waals surface area contributed by atoms with Gasteiger partial charge in [0.2, 0.25) is 0 Å². The molecule has 5 heteroatoms. The summed E-state index contributed by atoms with van der Waals surface area (Å²) in [6, 6.07) is 4.42. The van der Waals surface area contributed by atoms with Crippen LogP contribution in [0.3, 0.4) is 0 Å². The highest BCUT2D eigenvalue weighted by molar-refractivity contribution is 5.73. The second-order valence-corrected chi connectivity index (χ2v) is 5.06. The zero-order valence-electron chi connectivity index (χ0n) is 10.9. The Hall–Kier alpha value is -1.62. The molecule has 3 rings (SSSR count). The quantitative estimate of drug-likeness (QED) is 0.847. The molecule has 2 aromatic heterocycles. The van der Waals surface area contributed by atoms with Crippen molar-refractivity contribution in [1.82, 2.24) is 20.3 Å². The van der Waals surface area contributed by atoms with Gasteiger partial charge in [0.25, 0.3) is 0 Å². The Bertz CT molecular complexity index is 539. The van der Waals surface area contributed by atoms with Crippen LogP contribution in [0.1, 0.15) is 31.1 Å². The summed E-state index contributed by atoms with van der Waals surface area (Å²) in [5.41, 5.74) is 1.83. The first kappa shape index (κ1) is 11.5. The first-order valence-electron chi connectivity index (χ1n) is 6.51. The minimum atomic E-state index is 0.357. The van der Waals surface area contributed by atoms with Crippen LogP contribution in [0.2, 0.25) is 0 Å². The number of nitrogens with one attached hydrogen (secondary N) is 2. The van der Waals surface area contributed by atoms with Gasteiger partial charge in [-0.3, -0.25) is 0 Å². The second-order valence-electron chi connectivity index (χ2n) is 5.06. The van der Waals surface area contributed by atoms with E-state index < -0.39 is 0 Å². The van der Waals surface area contributed by atoms with Crippen molar-refractivity contribution in [2.24, 2.45) is 0 Å². The van der Waals surface area contributed by atoms with Crippen molar-refractivity contribution in [3.8, 4) is 0 Å². The Morgan fingerprint density at radius 2 is 2.11 bits per heavy atom. The smallest absolute Gasteiger partial charge is 0.179 e. The standard InChI is InChI=1S/C13H19N5/c1-18(2)11-7-6-10-13(16-11)17-12(15-10)9-5-3-4-8-14-9/h6-7,9,14H,3-5,8H2,1-2H3,(H,15,16,17). The number of aromatic nitrogens is 3. The van der Waals surface area contributed by atoms with Crippen molar-refractivity contribution >= 4 is 17.0 Å². The van der Waals surface area contributed by atoms with Gasteiger partial charge in [0, 0.05) is 14.1 Å². The summed E-state index contributed by atoms with van der Waals surface area (Å²) in [5, 5.41) is 3.50. The maximum atomic E-state index is 4.62. The number of nitrogens with zero attached hydrogens (tertiary/aromatic N) is 3. The molecule has 2 aromatic rings. The number of imidazole rings is 1. The normalized spacial score (nSPS) is 20.2. The lowest BCUT2D eigenvalue weighted by Gasteiger charge is -2.21. The molecule has 0 radical (unpaired) electrons. The molecule has 0 spiro atoms. The molecule has 2 N–H and O–H groups in total. The van der Waals surface area contributed by atoms with E-state index in [1.165, 1.54) is 12.8 Å². The number of rotatable bonds is 2. The van der Waals surface area contributed by atoms with E-state index in [2.05, 4.69) is 26.3 Å². The van der Waals surface area contributed by atoms with E-state index >= 15 is 0 Å². The molecule has 0 aromatic carbocycles. The molecule has 1 aliphatic rings. The number of hydrogen-bond acceptors (Lipinski definition) is 4. The first-order valence-corrected chi connectivity index (χ1v) is 6.51. The molecule has 5 nitrogen and oxygen atoms in total. The molecular weight excluding hydrogens is 226 g/mol. The van der Waals surface area contributed by atoms with Gasteiger partial charge in [-0.1, -0.05) is 6.42 Å². The Balaban J connectivity index is 1.94. The summed E-state index contributed by atoms with van der Waals surface area (Å²) in [5.74, 6) is 1.96. The monoisotopic (exact) mass is 245 g/mol. The Labute approximate surface area is 107 Å². The molecule has 96 valence electrons. The molecule has 0 saturated carbocycles. The van der Waals surface area contributed by atoms with Crippen molar-refractivity contribution < 1.29 is 0 Å². The minimum Gasteiger partial charge on any atom is -0.363 e. The van der Waals surface area contributed by atoms with E-state index in [9.17, 15) is 0 Å². The number of fused-ring (bicyclic) bond motifs is 1. The van der Waals surface area contributed by atoms with Crippen LogP contribution in [0.5, 0.6) is 0 Å². The van der Waals surface area contributed by atoms with Gasteiger partial charge in [-0.05, 0) is 31.5 Å². The van der Waals surface area contributed by atoms with Gasteiger partial charge in [0.05, 0.1) is 11.6 Å². The van der Waals surface area contributed by atoms with Gasteiger partial charge >= 0.3 is 0 Å². The third kappa shape index (κ3) is 2.06. The van der Waals surface area contributed by atoms with Gasteiger partial charge in [-0.2, -0.15) is 0 Å². The fourth-order valence-electron chi connectivity index (χ4n) is 2.40. The summed E-state index contributed by atoms with van der Waals surface area (Å²) < 4.78 is 0. The van der Waals surface area contributed by atoms with E-state index in [4.69, 9.17) is 0 Å². The third-order valence-corrected chi connectivity index (χ3v) is 3.45. The maximum Gasteiger partial charge on any atom is 0.179 e. The van der Waals surface area contributed by atoms with E-state index in [1.54, 1.807) is 0 Å². The highest BCUT2D eigenvalue weighted by atomic mass is 15.2. The fourth-order valence-corrected chi connectivity index (χ4v) is 2.40. The lowest BCUT2D eigenvalue weighted by molar-refractivity contribution is 0.400. The maximum absolute atomic E-state index is 4.62. The van der Waals surface area contributed by atoms with Crippen molar-refractivity contribution in [3.63, 3.8) is 0 Å².